The Morgan fingerprint density at radius 3 is 2.22 bits per heavy atom. The first-order chi connectivity index (χ1) is 18.2. The number of nitrogens with zero attached hydrogens (tertiary/aromatic N) is 2. The average molecular weight is 491 g/mol. The highest BCUT2D eigenvalue weighted by Crippen LogP contribution is 2.30. The van der Waals surface area contributed by atoms with E-state index in [0.717, 1.165) is 46.6 Å². The topological polar surface area (TPSA) is 64.3 Å². The zero-order valence-electron chi connectivity index (χ0n) is 20.7. The molecule has 4 aromatic carbocycles. The minimum Gasteiger partial charge on any atom is -0.493 e. The first kappa shape index (κ1) is 24.3. The van der Waals surface area contributed by atoms with Gasteiger partial charge < -0.3 is 14.4 Å². The van der Waals surface area contributed by atoms with Crippen LogP contribution in [-0.2, 0) is 11.3 Å². The van der Waals surface area contributed by atoms with E-state index in [1.165, 1.54) is 11.1 Å². The Balaban J connectivity index is 1.40. The second kappa shape index (κ2) is 11.6. The number of carbonyl (C=O) groups is 1. The molecule has 5 heteroatoms. The van der Waals surface area contributed by atoms with Crippen LogP contribution >= 0.6 is 0 Å². The van der Waals surface area contributed by atoms with Crippen molar-refractivity contribution in [1.82, 2.24) is 9.55 Å². The van der Waals surface area contributed by atoms with E-state index in [9.17, 15) is 4.79 Å². The number of aromatic nitrogens is 2. The van der Waals surface area contributed by atoms with Crippen LogP contribution in [0.15, 0.2) is 103 Å². The summed E-state index contributed by atoms with van der Waals surface area (Å²) in [6.07, 6.45) is 2.55. The summed E-state index contributed by atoms with van der Waals surface area (Å²) in [4.78, 5) is 15.7. The van der Waals surface area contributed by atoms with Gasteiger partial charge in [0.25, 0.3) is 0 Å². The number of rotatable bonds is 11. The molecule has 1 aromatic heterocycles. The molecule has 0 bridgehead atoms. The van der Waals surface area contributed by atoms with Crippen LogP contribution in [-0.4, -0.2) is 27.2 Å². The lowest BCUT2D eigenvalue weighted by molar-refractivity contribution is -0.137. The number of para-hydroxylation sites is 3. The Kier molecular flexibility index (Phi) is 7.60. The summed E-state index contributed by atoms with van der Waals surface area (Å²) in [6.45, 7) is 1.20. The van der Waals surface area contributed by atoms with Crippen molar-refractivity contribution in [1.29, 1.82) is 0 Å². The third kappa shape index (κ3) is 5.89. The number of carboxylic acids is 1. The Morgan fingerprint density at radius 2 is 1.41 bits per heavy atom. The summed E-state index contributed by atoms with van der Waals surface area (Å²) in [5, 5.41) is 8.81. The van der Waals surface area contributed by atoms with E-state index < -0.39 is 5.97 Å². The lowest BCUT2D eigenvalue weighted by Crippen LogP contribution is -2.06. The molecule has 37 heavy (non-hydrogen) atoms. The molecule has 1 N–H and O–H groups in total. The maximum atomic E-state index is 10.7. The molecule has 0 unspecified atom stereocenters. The Labute approximate surface area is 217 Å². The van der Waals surface area contributed by atoms with Crippen LogP contribution in [0, 0.1) is 0 Å². The normalized spacial score (nSPS) is 11.0. The number of ether oxygens (including phenoxy) is 1. The minimum absolute atomic E-state index is 0.208. The average Bonchev–Trinajstić information content (AvgIpc) is 3.30. The Morgan fingerprint density at radius 1 is 0.730 bits per heavy atom. The van der Waals surface area contributed by atoms with Gasteiger partial charge in [0.15, 0.2) is 0 Å². The van der Waals surface area contributed by atoms with Crippen LogP contribution in [0.5, 0.6) is 5.75 Å². The molecule has 0 aliphatic rings. The van der Waals surface area contributed by atoms with Gasteiger partial charge in [-0.1, -0.05) is 84.9 Å². The summed E-state index contributed by atoms with van der Waals surface area (Å²) < 4.78 is 8.39. The van der Waals surface area contributed by atoms with Gasteiger partial charge in [0.05, 0.1) is 24.2 Å². The SMILES string of the molecule is O=C(O)CCCCCOc1ccccc1Cn1c(-c2ccc(-c3ccccc3)cc2)nc2ccccc21. The maximum absolute atomic E-state index is 10.7. The van der Waals surface area contributed by atoms with Gasteiger partial charge >= 0.3 is 5.97 Å². The van der Waals surface area contributed by atoms with Gasteiger partial charge in [-0.05, 0) is 48.6 Å². The summed E-state index contributed by atoms with van der Waals surface area (Å²) in [5.74, 6) is 1.03. The summed E-state index contributed by atoms with van der Waals surface area (Å²) in [7, 11) is 0. The molecule has 0 spiro atoms. The molecule has 0 aliphatic carbocycles. The van der Waals surface area contributed by atoms with Crippen molar-refractivity contribution in [2.75, 3.05) is 6.61 Å². The summed E-state index contributed by atoms with van der Waals surface area (Å²) in [6, 6.07) is 35.3. The van der Waals surface area contributed by atoms with Gasteiger partial charge in [-0.25, -0.2) is 4.98 Å². The van der Waals surface area contributed by atoms with Crippen LogP contribution in [0.1, 0.15) is 31.2 Å². The molecule has 0 saturated carbocycles. The minimum atomic E-state index is -0.746. The van der Waals surface area contributed by atoms with Crippen LogP contribution in [0.2, 0.25) is 0 Å². The molecular weight excluding hydrogens is 460 g/mol. The molecule has 0 atom stereocenters. The highest BCUT2D eigenvalue weighted by atomic mass is 16.5. The largest absolute Gasteiger partial charge is 0.493 e. The molecule has 5 nitrogen and oxygen atoms in total. The Hall–Kier alpha value is -4.38. The van der Waals surface area contributed by atoms with Crippen molar-refractivity contribution < 1.29 is 14.6 Å². The second-order valence-corrected chi connectivity index (χ2v) is 9.11. The number of aliphatic carboxylic acids is 1. The Bertz CT molecular complexity index is 1470. The van der Waals surface area contributed by atoms with E-state index in [-0.39, 0.29) is 6.42 Å². The zero-order chi connectivity index (χ0) is 25.5. The van der Waals surface area contributed by atoms with Crippen molar-refractivity contribution in [2.24, 2.45) is 0 Å². The second-order valence-electron chi connectivity index (χ2n) is 9.11. The third-order valence-corrected chi connectivity index (χ3v) is 6.50. The molecular formula is C32H30N2O3. The van der Waals surface area contributed by atoms with Gasteiger partial charge in [-0.2, -0.15) is 0 Å². The fourth-order valence-corrected chi connectivity index (χ4v) is 4.58. The van der Waals surface area contributed by atoms with Gasteiger partial charge in [0.2, 0.25) is 0 Å². The fourth-order valence-electron chi connectivity index (χ4n) is 4.58. The first-order valence-electron chi connectivity index (χ1n) is 12.7. The van der Waals surface area contributed by atoms with Crippen LogP contribution < -0.4 is 4.74 Å². The van der Waals surface area contributed by atoms with E-state index in [4.69, 9.17) is 14.8 Å². The number of hydrogen-bond acceptors (Lipinski definition) is 3. The quantitative estimate of drug-likeness (QED) is 0.195. The molecule has 0 radical (unpaired) electrons. The van der Waals surface area contributed by atoms with Crippen LogP contribution in [0.4, 0.5) is 0 Å². The lowest BCUT2D eigenvalue weighted by atomic mass is 10.0. The number of fused-ring (bicyclic) bond motifs is 1. The van der Waals surface area contributed by atoms with E-state index in [1.54, 1.807) is 0 Å². The monoisotopic (exact) mass is 490 g/mol. The van der Waals surface area contributed by atoms with Crippen molar-refractivity contribution in [2.45, 2.75) is 32.2 Å². The van der Waals surface area contributed by atoms with Gasteiger partial charge in [-0.15, -0.1) is 0 Å². The fraction of sp³-hybridized carbons (Fsp3) is 0.188. The first-order valence-corrected chi connectivity index (χ1v) is 12.7. The number of benzene rings is 4. The van der Waals surface area contributed by atoms with E-state index in [1.807, 2.05) is 42.5 Å². The van der Waals surface area contributed by atoms with Gasteiger partial charge in [-0.3, -0.25) is 4.79 Å². The molecule has 0 fully saturated rings. The van der Waals surface area contributed by atoms with E-state index >= 15 is 0 Å². The number of unbranched alkanes of at least 4 members (excludes halogenated alkanes) is 2. The maximum Gasteiger partial charge on any atom is 0.303 e. The predicted molar refractivity (Wildman–Crippen MR) is 148 cm³/mol. The molecule has 0 aliphatic heterocycles. The van der Waals surface area contributed by atoms with Gasteiger partial charge in [0.1, 0.15) is 11.6 Å². The highest BCUT2D eigenvalue weighted by molar-refractivity contribution is 5.81. The zero-order valence-corrected chi connectivity index (χ0v) is 20.7. The van der Waals surface area contributed by atoms with Gasteiger partial charge in [0, 0.05) is 17.5 Å². The lowest BCUT2D eigenvalue weighted by Gasteiger charge is -2.15. The third-order valence-electron chi connectivity index (χ3n) is 6.50. The highest BCUT2D eigenvalue weighted by Gasteiger charge is 2.15. The standard InChI is InChI=1S/C32H30N2O3/c35-31(36)17-5-2-10-22-37-30-16-9-6-13-27(30)23-34-29-15-8-7-14-28(29)33-32(34)26-20-18-25(19-21-26)24-11-3-1-4-12-24/h1,3-4,6-9,11-16,18-21H,2,5,10,17,22-23H2,(H,35,36). The van der Waals surface area contributed by atoms with E-state index in [0.29, 0.717) is 19.6 Å². The number of imidazole rings is 1. The molecule has 5 aromatic rings. The van der Waals surface area contributed by atoms with E-state index in [2.05, 4.69) is 65.2 Å². The van der Waals surface area contributed by atoms with Crippen molar-refractivity contribution in [3.63, 3.8) is 0 Å². The molecule has 0 saturated heterocycles. The molecule has 5 rings (SSSR count). The number of carboxylic acid groups (broad SMARTS) is 1. The predicted octanol–water partition coefficient (Wildman–Crippen LogP) is 7.44. The number of hydrogen-bond donors (Lipinski definition) is 1. The molecule has 186 valence electrons. The van der Waals surface area contributed by atoms with Crippen LogP contribution in [0.25, 0.3) is 33.5 Å². The smallest absolute Gasteiger partial charge is 0.303 e. The van der Waals surface area contributed by atoms with Crippen molar-refractivity contribution >= 4 is 17.0 Å². The molecule has 1 heterocycles. The van der Waals surface area contributed by atoms with Crippen molar-refractivity contribution in [3.8, 4) is 28.3 Å². The van der Waals surface area contributed by atoms with Crippen molar-refractivity contribution in [3.05, 3.63) is 109 Å². The van der Waals surface area contributed by atoms with Crippen LogP contribution in [0.3, 0.4) is 0 Å². The summed E-state index contributed by atoms with van der Waals surface area (Å²) >= 11 is 0. The molecule has 0 amide bonds. The summed E-state index contributed by atoms with van der Waals surface area (Å²) in [5.41, 5.74) is 6.55.